The zero-order valence-electron chi connectivity index (χ0n) is 16.6. The van der Waals surface area contributed by atoms with E-state index < -0.39 is 5.60 Å². The summed E-state index contributed by atoms with van der Waals surface area (Å²) in [6.45, 7) is 11.5. The zero-order valence-corrected chi connectivity index (χ0v) is 16.6. The standard InChI is InChI=1S/C20H32N4O2/c1-15-13-18(22-14-21-15)23-9-5-16(6-10-23)17-7-11-24(12-8-17)19(25)26-20(2,3)4/h13-14,16-17H,5-12H2,1-4H3. The summed E-state index contributed by atoms with van der Waals surface area (Å²) in [5, 5.41) is 0. The van der Waals surface area contributed by atoms with Crippen molar-refractivity contribution in [2.75, 3.05) is 31.1 Å². The average molecular weight is 361 g/mol. The molecule has 3 rings (SSSR count). The number of hydrogen-bond donors (Lipinski definition) is 0. The smallest absolute Gasteiger partial charge is 0.410 e. The highest BCUT2D eigenvalue weighted by Crippen LogP contribution is 2.33. The third-order valence-electron chi connectivity index (χ3n) is 5.51. The van der Waals surface area contributed by atoms with Crippen molar-refractivity contribution in [3.05, 3.63) is 18.1 Å². The lowest BCUT2D eigenvalue weighted by atomic mass is 9.79. The number of ether oxygens (including phenoxy) is 1. The number of nitrogens with zero attached hydrogens (tertiary/aromatic N) is 4. The van der Waals surface area contributed by atoms with Crippen molar-refractivity contribution in [1.29, 1.82) is 0 Å². The maximum atomic E-state index is 12.2. The van der Waals surface area contributed by atoms with Gasteiger partial charge in [-0.25, -0.2) is 14.8 Å². The molecule has 1 aromatic heterocycles. The Hall–Kier alpha value is -1.85. The second kappa shape index (κ2) is 7.80. The molecule has 2 aliphatic heterocycles. The van der Waals surface area contributed by atoms with Gasteiger partial charge in [0, 0.05) is 37.9 Å². The number of likely N-dealkylation sites (tertiary alicyclic amines) is 1. The molecule has 2 aliphatic rings. The van der Waals surface area contributed by atoms with Gasteiger partial charge in [0.15, 0.2) is 0 Å². The minimum absolute atomic E-state index is 0.162. The molecular formula is C20H32N4O2. The van der Waals surface area contributed by atoms with Crippen LogP contribution in [-0.4, -0.2) is 52.7 Å². The number of carbonyl (C=O) groups excluding carboxylic acids is 1. The van der Waals surface area contributed by atoms with Gasteiger partial charge in [-0.3, -0.25) is 0 Å². The molecule has 2 fully saturated rings. The molecule has 0 aromatic carbocycles. The van der Waals surface area contributed by atoms with E-state index in [4.69, 9.17) is 4.74 Å². The van der Waals surface area contributed by atoms with Crippen molar-refractivity contribution < 1.29 is 9.53 Å². The van der Waals surface area contributed by atoms with Crippen LogP contribution in [0.5, 0.6) is 0 Å². The van der Waals surface area contributed by atoms with Crippen LogP contribution in [0.2, 0.25) is 0 Å². The van der Waals surface area contributed by atoms with Crippen molar-refractivity contribution in [1.82, 2.24) is 14.9 Å². The number of hydrogen-bond acceptors (Lipinski definition) is 5. The number of piperidine rings is 2. The van der Waals surface area contributed by atoms with Crippen LogP contribution >= 0.6 is 0 Å². The number of amides is 1. The van der Waals surface area contributed by atoms with E-state index in [0.29, 0.717) is 0 Å². The van der Waals surface area contributed by atoms with Gasteiger partial charge in [-0.05, 0) is 65.2 Å². The van der Waals surface area contributed by atoms with Crippen LogP contribution in [0.3, 0.4) is 0 Å². The molecule has 3 heterocycles. The van der Waals surface area contributed by atoms with Gasteiger partial charge in [-0.1, -0.05) is 0 Å². The van der Waals surface area contributed by atoms with E-state index in [1.54, 1.807) is 6.33 Å². The van der Waals surface area contributed by atoms with Crippen LogP contribution in [-0.2, 0) is 4.74 Å². The van der Waals surface area contributed by atoms with Crippen LogP contribution < -0.4 is 4.90 Å². The summed E-state index contributed by atoms with van der Waals surface area (Å²) in [7, 11) is 0. The zero-order chi connectivity index (χ0) is 18.7. The first-order chi connectivity index (χ1) is 12.3. The van der Waals surface area contributed by atoms with E-state index in [1.165, 1.54) is 12.8 Å². The predicted molar refractivity (Wildman–Crippen MR) is 102 cm³/mol. The van der Waals surface area contributed by atoms with Gasteiger partial charge in [-0.2, -0.15) is 0 Å². The SMILES string of the molecule is Cc1cc(N2CCC(C3CCN(C(=O)OC(C)(C)C)CC3)CC2)ncn1. The molecule has 0 radical (unpaired) electrons. The molecule has 6 heteroatoms. The van der Waals surface area contributed by atoms with Crippen LogP contribution in [0.4, 0.5) is 10.6 Å². The van der Waals surface area contributed by atoms with Crippen molar-refractivity contribution in [3.63, 3.8) is 0 Å². The number of rotatable bonds is 2. The van der Waals surface area contributed by atoms with Gasteiger partial charge in [0.25, 0.3) is 0 Å². The maximum Gasteiger partial charge on any atom is 0.410 e. The minimum Gasteiger partial charge on any atom is -0.444 e. The first kappa shape index (κ1) is 18.9. The minimum atomic E-state index is -0.417. The fraction of sp³-hybridized carbons (Fsp3) is 0.750. The van der Waals surface area contributed by atoms with Gasteiger partial charge in [0.05, 0.1) is 0 Å². The molecule has 0 aliphatic carbocycles. The van der Waals surface area contributed by atoms with E-state index in [0.717, 1.165) is 62.4 Å². The van der Waals surface area contributed by atoms with Crippen LogP contribution in [0, 0.1) is 18.8 Å². The molecule has 0 saturated carbocycles. The van der Waals surface area contributed by atoms with Crippen LogP contribution in [0.1, 0.15) is 52.1 Å². The topological polar surface area (TPSA) is 58.6 Å². The highest BCUT2D eigenvalue weighted by molar-refractivity contribution is 5.68. The highest BCUT2D eigenvalue weighted by atomic mass is 16.6. The molecular weight excluding hydrogens is 328 g/mol. The van der Waals surface area contributed by atoms with Crippen molar-refractivity contribution in [2.45, 2.75) is 59.0 Å². The van der Waals surface area contributed by atoms with E-state index in [9.17, 15) is 4.79 Å². The normalized spacial score (nSPS) is 20.3. The fourth-order valence-corrected chi connectivity index (χ4v) is 4.09. The maximum absolute atomic E-state index is 12.2. The Morgan fingerprint density at radius 2 is 1.62 bits per heavy atom. The third-order valence-corrected chi connectivity index (χ3v) is 5.51. The third kappa shape index (κ3) is 4.86. The van der Waals surface area contributed by atoms with E-state index in [1.807, 2.05) is 32.6 Å². The highest BCUT2D eigenvalue weighted by Gasteiger charge is 2.32. The van der Waals surface area contributed by atoms with Gasteiger partial charge >= 0.3 is 6.09 Å². The largest absolute Gasteiger partial charge is 0.444 e. The Balaban J connectivity index is 1.46. The van der Waals surface area contributed by atoms with Gasteiger partial charge in [0.2, 0.25) is 0 Å². The molecule has 0 N–H and O–H groups in total. The molecule has 26 heavy (non-hydrogen) atoms. The molecule has 1 amide bonds. The van der Waals surface area contributed by atoms with Gasteiger partial charge in [0.1, 0.15) is 17.7 Å². The Morgan fingerprint density at radius 3 is 2.15 bits per heavy atom. The molecule has 144 valence electrons. The predicted octanol–water partition coefficient (Wildman–Crippen LogP) is 3.65. The molecule has 0 unspecified atom stereocenters. The summed E-state index contributed by atoms with van der Waals surface area (Å²) in [6.07, 6.45) is 6.10. The average Bonchev–Trinajstić information content (AvgIpc) is 2.61. The monoisotopic (exact) mass is 360 g/mol. The molecule has 0 atom stereocenters. The first-order valence-electron chi connectivity index (χ1n) is 9.83. The van der Waals surface area contributed by atoms with E-state index in [-0.39, 0.29) is 6.09 Å². The lowest BCUT2D eigenvalue weighted by molar-refractivity contribution is 0.0152. The van der Waals surface area contributed by atoms with Crippen molar-refractivity contribution in [3.8, 4) is 0 Å². The lowest BCUT2D eigenvalue weighted by Crippen LogP contribution is -2.44. The molecule has 0 spiro atoms. The van der Waals surface area contributed by atoms with Gasteiger partial charge in [-0.15, -0.1) is 0 Å². The van der Waals surface area contributed by atoms with Crippen LogP contribution in [0.15, 0.2) is 12.4 Å². The Bertz CT molecular complexity index is 612. The Kier molecular flexibility index (Phi) is 5.68. The summed E-state index contributed by atoms with van der Waals surface area (Å²) >= 11 is 0. The second-order valence-electron chi connectivity index (χ2n) is 8.65. The van der Waals surface area contributed by atoms with E-state index in [2.05, 4.69) is 20.9 Å². The second-order valence-corrected chi connectivity index (χ2v) is 8.65. The Labute approximate surface area is 156 Å². The fourth-order valence-electron chi connectivity index (χ4n) is 4.09. The number of carbonyl (C=O) groups is 1. The summed E-state index contributed by atoms with van der Waals surface area (Å²) < 4.78 is 5.50. The molecule has 1 aromatic rings. The van der Waals surface area contributed by atoms with Crippen molar-refractivity contribution >= 4 is 11.9 Å². The van der Waals surface area contributed by atoms with Crippen molar-refractivity contribution in [2.24, 2.45) is 11.8 Å². The number of aromatic nitrogens is 2. The number of aryl methyl sites for hydroxylation is 1. The Morgan fingerprint density at radius 1 is 1.04 bits per heavy atom. The van der Waals surface area contributed by atoms with Gasteiger partial charge < -0.3 is 14.5 Å². The van der Waals surface area contributed by atoms with Crippen LogP contribution in [0.25, 0.3) is 0 Å². The molecule has 2 saturated heterocycles. The van der Waals surface area contributed by atoms with E-state index >= 15 is 0 Å². The summed E-state index contributed by atoms with van der Waals surface area (Å²) in [4.78, 5) is 25.1. The first-order valence-corrected chi connectivity index (χ1v) is 9.83. The lowest BCUT2D eigenvalue weighted by Gasteiger charge is -2.40. The summed E-state index contributed by atoms with van der Waals surface area (Å²) in [5.74, 6) is 2.54. The quantitative estimate of drug-likeness (QED) is 0.806. The number of anilines is 1. The summed E-state index contributed by atoms with van der Waals surface area (Å²) in [5.41, 5.74) is 0.603. The molecule has 6 nitrogen and oxygen atoms in total. The molecule has 0 bridgehead atoms. The summed E-state index contributed by atoms with van der Waals surface area (Å²) in [6, 6.07) is 2.07.